The van der Waals surface area contributed by atoms with Gasteiger partial charge in [0.25, 0.3) is 0 Å². The zero-order valence-electron chi connectivity index (χ0n) is 16.3. The van der Waals surface area contributed by atoms with Crippen LogP contribution >= 0.6 is 0 Å². The molecule has 1 aromatic carbocycles. The lowest BCUT2D eigenvalue weighted by atomic mass is 10.1. The first-order valence-electron chi connectivity index (χ1n) is 9.35. The van der Waals surface area contributed by atoms with Crippen LogP contribution in [0.25, 0.3) is 0 Å². The van der Waals surface area contributed by atoms with Crippen LogP contribution in [0.2, 0.25) is 0 Å². The zero-order valence-corrected chi connectivity index (χ0v) is 16.3. The number of nitrogens with one attached hydrogen (secondary N) is 2. The molecule has 0 aromatic heterocycles. The van der Waals surface area contributed by atoms with Crippen molar-refractivity contribution in [3.8, 4) is 0 Å². The van der Waals surface area contributed by atoms with Gasteiger partial charge in [0.05, 0.1) is 12.6 Å². The van der Waals surface area contributed by atoms with Crippen molar-refractivity contribution in [2.45, 2.75) is 46.6 Å². The quantitative estimate of drug-likeness (QED) is 0.817. The Morgan fingerprint density at radius 2 is 1.92 bits per heavy atom. The van der Waals surface area contributed by atoms with E-state index in [9.17, 15) is 9.59 Å². The smallest absolute Gasteiger partial charge is 0.325 e. The summed E-state index contributed by atoms with van der Waals surface area (Å²) in [7, 11) is 0. The topological polar surface area (TPSA) is 70.7 Å². The second-order valence-corrected chi connectivity index (χ2v) is 7.52. The van der Waals surface area contributed by atoms with Gasteiger partial charge in [-0.15, -0.1) is 0 Å². The molecule has 1 aliphatic rings. The third-order valence-electron chi connectivity index (χ3n) is 4.45. The third kappa shape index (κ3) is 6.77. The highest BCUT2D eigenvalue weighted by Gasteiger charge is 2.22. The molecule has 2 N–H and O–H groups in total. The van der Waals surface area contributed by atoms with Crippen LogP contribution in [0.4, 0.5) is 10.5 Å². The molecule has 0 radical (unpaired) electrons. The van der Waals surface area contributed by atoms with Crippen LogP contribution in [0.15, 0.2) is 18.2 Å². The van der Waals surface area contributed by atoms with Gasteiger partial charge in [-0.2, -0.15) is 0 Å². The Morgan fingerprint density at radius 3 is 2.54 bits per heavy atom. The van der Waals surface area contributed by atoms with Crippen molar-refractivity contribution in [3.63, 3.8) is 0 Å². The van der Waals surface area contributed by atoms with E-state index in [4.69, 9.17) is 4.74 Å². The van der Waals surface area contributed by atoms with Crippen LogP contribution in [0.5, 0.6) is 0 Å². The number of hydrogen-bond donors (Lipinski definition) is 2. The number of urea groups is 1. The summed E-state index contributed by atoms with van der Waals surface area (Å²) in [6.45, 7) is 10.9. The molecule has 6 heteroatoms. The van der Waals surface area contributed by atoms with Gasteiger partial charge in [0.1, 0.15) is 0 Å². The zero-order chi connectivity index (χ0) is 19.1. The number of likely N-dealkylation sites (tertiary alicyclic amines) is 1. The van der Waals surface area contributed by atoms with E-state index in [0.29, 0.717) is 11.6 Å². The van der Waals surface area contributed by atoms with E-state index in [-0.39, 0.29) is 18.6 Å². The van der Waals surface area contributed by atoms with E-state index in [1.54, 1.807) is 0 Å². The van der Waals surface area contributed by atoms with Crippen molar-refractivity contribution >= 4 is 17.6 Å². The van der Waals surface area contributed by atoms with Gasteiger partial charge in [-0.05, 0) is 44.2 Å². The number of carbonyl (C=O) groups excluding carboxylic acids is 2. The number of rotatable bonds is 6. The third-order valence-corrected chi connectivity index (χ3v) is 4.45. The molecule has 6 nitrogen and oxygen atoms in total. The average Bonchev–Trinajstić information content (AvgIpc) is 2.56. The second kappa shape index (κ2) is 9.69. The van der Waals surface area contributed by atoms with Gasteiger partial charge >= 0.3 is 6.03 Å². The normalized spacial score (nSPS) is 15.9. The predicted octanol–water partition coefficient (Wildman–Crippen LogP) is 3.09. The minimum atomic E-state index is -0.489. The molecular formula is C20H31N3O3. The Morgan fingerprint density at radius 1 is 1.23 bits per heavy atom. The van der Waals surface area contributed by atoms with Gasteiger partial charge < -0.3 is 10.1 Å². The molecule has 0 spiro atoms. The summed E-state index contributed by atoms with van der Waals surface area (Å²) in [6, 6.07) is 5.27. The van der Waals surface area contributed by atoms with E-state index in [1.165, 1.54) is 0 Å². The lowest BCUT2D eigenvalue weighted by Crippen LogP contribution is -2.45. The van der Waals surface area contributed by atoms with Crippen LogP contribution in [0.1, 0.15) is 37.8 Å². The van der Waals surface area contributed by atoms with E-state index in [1.807, 2.05) is 32.0 Å². The summed E-state index contributed by atoms with van der Waals surface area (Å²) in [6.07, 6.45) is 2.13. The molecule has 144 valence electrons. The van der Waals surface area contributed by atoms with E-state index in [2.05, 4.69) is 29.4 Å². The van der Waals surface area contributed by atoms with Crippen molar-refractivity contribution in [2.75, 3.05) is 31.6 Å². The molecule has 0 saturated carbocycles. The van der Waals surface area contributed by atoms with Crippen molar-refractivity contribution in [1.29, 1.82) is 0 Å². The molecule has 0 unspecified atom stereocenters. The highest BCUT2D eigenvalue weighted by Crippen LogP contribution is 2.16. The fourth-order valence-corrected chi connectivity index (χ4v) is 3.04. The SMILES string of the molecule is Cc1ccc(NC(=O)NC(=O)CN2CCC(OCC(C)C)CC2)c(C)c1. The maximum Gasteiger partial charge on any atom is 0.325 e. The lowest BCUT2D eigenvalue weighted by molar-refractivity contribution is -0.121. The van der Waals surface area contributed by atoms with Gasteiger partial charge in [-0.25, -0.2) is 4.79 Å². The summed E-state index contributed by atoms with van der Waals surface area (Å²) >= 11 is 0. The van der Waals surface area contributed by atoms with Crippen LogP contribution in [-0.2, 0) is 9.53 Å². The van der Waals surface area contributed by atoms with Crippen molar-refractivity contribution in [2.24, 2.45) is 5.92 Å². The minimum absolute atomic E-state index is 0.233. The van der Waals surface area contributed by atoms with Crippen molar-refractivity contribution < 1.29 is 14.3 Å². The number of piperidine rings is 1. The van der Waals surface area contributed by atoms with Gasteiger partial charge in [-0.1, -0.05) is 31.5 Å². The first kappa shape index (κ1) is 20.4. The maximum absolute atomic E-state index is 12.1. The monoisotopic (exact) mass is 361 g/mol. The Hall–Kier alpha value is -1.92. The number of hydrogen-bond acceptors (Lipinski definition) is 4. The van der Waals surface area contributed by atoms with Gasteiger partial charge in [0.2, 0.25) is 5.91 Å². The fraction of sp³-hybridized carbons (Fsp3) is 0.600. The summed E-state index contributed by atoms with van der Waals surface area (Å²) in [4.78, 5) is 26.2. The Balaban J connectivity index is 1.71. The molecule has 1 aliphatic heterocycles. The minimum Gasteiger partial charge on any atom is -0.378 e. The number of nitrogens with zero attached hydrogens (tertiary/aromatic N) is 1. The number of carbonyl (C=O) groups is 2. The van der Waals surface area contributed by atoms with Crippen LogP contribution in [0, 0.1) is 19.8 Å². The van der Waals surface area contributed by atoms with E-state index >= 15 is 0 Å². The van der Waals surface area contributed by atoms with Gasteiger partial charge in [-0.3, -0.25) is 15.0 Å². The number of anilines is 1. The summed E-state index contributed by atoms with van der Waals surface area (Å²) < 4.78 is 5.86. The first-order valence-corrected chi connectivity index (χ1v) is 9.35. The molecule has 26 heavy (non-hydrogen) atoms. The molecule has 1 fully saturated rings. The molecular weight excluding hydrogens is 330 g/mol. The highest BCUT2D eigenvalue weighted by molar-refractivity contribution is 6.02. The largest absolute Gasteiger partial charge is 0.378 e. The Bertz CT molecular complexity index is 623. The van der Waals surface area contributed by atoms with Crippen LogP contribution < -0.4 is 10.6 Å². The maximum atomic E-state index is 12.1. The Kier molecular flexibility index (Phi) is 7.60. The molecule has 0 atom stereocenters. The standard InChI is InChI=1S/C20H31N3O3/c1-14(2)13-26-17-7-9-23(10-8-17)12-19(24)22-20(25)21-18-6-5-15(3)11-16(18)4/h5-6,11,14,17H,7-10,12-13H2,1-4H3,(H2,21,22,24,25). The Labute approximate surface area is 156 Å². The number of benzene rings is 1. The summed E-state index contributed by atoms with van der Waals surface area (Å²) in [5, 5.41) is 5.14. The summed E-state index contributed by atoms with van der Waals surface area (Å²) in [5.74, 6) is 0.253. The first-order chi connectivity index (χ1) is 12.3. The van der Waals surface area contributed by atoms with Gasteiger partial charge in [0.15, 0.2) is 0 Å². The molecule has 1 aromatic rings. The number of imide groups is 1. The van der Waals surface area contributed by atoms with Crippen molar-refractivity contribution in [1.82, 2.24) is 10.2 Å². The lowest BCUT2D eigenvalue weighted by Gasteiger charge is -2.31. The molecule has 3 amide bonds. The van der Waals surface area contributed by atoms with Crippen molar-refractivity contribution in [3.05, 3.63) is 29.3 Å². The number of aryl methyl sites for hydroxylation is 2. The second-order valence-electron chi connectivity index (χ2n) is 7.52. The number of amides is 3. The average molecular weight is 361 g/mol. The fourth-order valence-electron chi connectivity index (χ4n) is 3.04. The molecule has 1 saturated heterocycles. The molecule has 2 rings (SSSR count). The molecule has 0 bridgehead atoms. The van der Waals surface area contributed by atoms with Gasteiger partial charge in [0, 0.05) is 25.4 Å². The van der Waals surface area contributed by atoms with E-state index in [0.717, 1.165) is 43.7 Å². The van der Waals surface area contributed by atoms with Crippen LogP contribution in [0.3, 0.4) is 0 Å². The molecule has 0 aliphatic carbocycles. The summed E-state index contributed by atoms with van der Waals surface area (Å²) in [5.41, 5.74) is 2.81. The van der Waals surface area contributed by atoms with Crippen LogP contribution in [-0.4, -0.2) is 49.2 Å². The number of ether oxygens (including phenoxy) is 1. The van der Waals surface area contributed by atoms with E-state index < -0.39 is 6.03 Å². The molecule has 1 heterocycles. The highest BCUT2D eigenvalue weighted by atomic mass is 16.5. The predicted molar refractivity (Wildman–Crippen MR) is 103 cm³/mol.